The van der Waals surface area contributed by atoms with Crippen molar-refractivity contribution in [3.05, 3.63) is 27.2 Å². The Morgan fingerprint density at radius 1 is 1.45 bits per heavy atom. The van der Waals surface area contributed by atoms with Gasteiger partial charge in [-0.05, 0) is 48.3 Å². The molecule has 1 aromatic carbocycles. The number of fused-ring (bicyclic) bond motifs is 1. The van der Waals surface area contributed by atoms with Gasteiger partial charge in [0.15, 0.2) is 5.78 Å². The largest absolute Gasteiger partial charge is 0.446 e. The van der Waals surface area contributed by atoms with Crippen LogP contribution in [-0.2, 0) is 4.74 Å². The van der Waals surface area contributed by atoms with Gasteiger partial charge in [-0.2, -0.15) is 0 Å². The van der Waals surface area contributed by atoms with Gasteiger partial charge in [0.05, 0.1) is 16.8 Å². The van der Waals surface area contributed by atoms with E-state index in [1.54, 1.807) is 26.0 Å². The number of nitrogens with zero attached hydrogens (tertiary/aromatic N) is 1. The van der Waals surface area contributed by atoms with E-state index in [2.05, 4.69) is 15.9 Å². The Kier molecular flexibility index (Phi) is 4.70. The number of carbonyl (C=O) groups is 2. The van der Waals surface area contributed by atoms with Gasteiger partial charge in [-0.3, -0.25) is 9.69 Å². The molecule has 0 atom stereocenters. The topological polar surface area (TPSA) is 46.6 Å². The van der Waals surface area contributed by atoms with E-state index in [0.29, 0.717) is 40.1 Å². The third-order valence-electron chi connectivity index (χ3n) is 2.97. The number of hydrogen-bond acceptors (Lipinski definition) is 3. The van der Waals surface area contributed by atoms with Crippen LogP contribution in [0.1, 0.15) is 37.0 Å². The number of amides is 1. The van der Waals surface area contributed by atoms with Gasteiger partial charge in [-0.15, -0.1) is 0 Å². The van der Waals surface area contributed by atoms with Gasteiger partial charge < -0.3 is 4.74 Å². The molecule has 4 nitrogen and oxygen atoms in total. The summed E-state index contributed by atoms with van der Waals surface area (Å²) < 4.78 is 5.87. The Hall–Kier alpha value is -1.07. The van der Waals surface area contributed by atoms with Crippen LogP contribution in [-0.4, -0.2) is 24.5 Å². The zero-order valence-corrected chi connectivity index (χ0v) is 13.6. The Morgan fingerprint density at radius 2 is 2.15 bits per heavy atom. The summed E-state index contributed by atoms with van der Waals surface area (Å²) in [6.07, 6.45) is 0.354. The maximum Gasteiger partial charge on any atom is 0.414 e. The molecule has 1 heterocycles. The summed E-state index contributed by atoms with van der Waals surface area (Å²) in [4.78, 5) is 25.8. The van der Waals surface area contributed by atoms with E-state index in [1.807, 2.05) is 0 Å². The molecule has 6 heteroatoms. The summed E-state index contributed by atoms with van der Waals surface area (Å²) in [5.74, 6) is 0.0113. The highest BCUT2D eigenvalue weighted by atomic mass is 79.9. The third kappa shape index (κ3) is 3.15. The highest BCUT2D eigenvalue weighted by molar-refractivity contribution is 9.10. The fourth-order valence-corrected chi connectivity index (χ4v) is 2.59. The normalized spacial score (nSPS) is 15.1. The lowest BCUT2D eigenvalue weighted by Crippen LogP contribution is -2.34. The van der Waals surface area contributed by atoms with Crippen LogP contribution >= 0.6 is 27.5 Å². The van der Waals surface area contributed by atoms with Crippen molar-refractivity contribution in [1.82, 2.24) is 0 Å². The molecule has 108 valence electrons. The first kappa shape index (κ1) is 15.3. The van der Waals surface area contributed by atoms with Crippen LogP contribution in [0.2, 0.25) is 5.02 Å². The molecule has 0 fully saturated rings. The third-order valence-corrected chi connectivity index (χ3v) is 4.17. The van der Waals surface area contributed by atoms with Crippen molar-refractivity contribution >= 4 is 45.1 Å². The Labute approximate surface area is 131 Å². The number of ketones is 1. The number of Topliss-reactive ketones (excluding diaryl/α,β-unsaturated/α-hetero) is 1. The lowest BCUT2D eigenvalue weighted by molar-refractivity contribution is 0.0983. The lowest BCUT2D eigenvalue weighted by Gasteiger charge is -2.23. The van der Waals surface area contributed by atoms with Crippen LogP contribution < -0.4 is 4.90 Å². The molecule has 0 radical (unpaired) electrons. The second-order valence-corrected chi connectivity index (χ2v) is 6.16. The monoisotopic (exact) mass is 359 g/mol. The quantitative estimate of drug-likeness (QED) is 0.744. The van der Waals surface area contributed by atoms with Crippen LogP contribution in [0, 0.1) is 0 Å². The predicted octanol–water partition coefficient (Wildman–Crippen LogP) is 4.43. The van der Waals surface area contributed by atoms with Crippen molar-refractivity contribution in [3.63, 3.8) is 0 Å². The van der Waals surface area contributed by atoms with Crippen LogP contribution in [0.25, 0.3) is 0 Å². The Balaban J connectivity index is 2.46. The van der Waals surface area contributed by atoms with E-state index >= 15 is 0 Å². The smallest absolute Gasteiger partial charge is 0.414 e. The first-order chi connectivity index (χ1) is 9.40. The first-order valence-electron chi connectivity index (χ1n) is 6.40. The average Bonchev–Trinajstić information content (AvgIpc) is 2.50. The van der Waals surface area contributed by atoms with Gasteiger partial charge in [0.2, 0.25) is 0 Å². The van der Waals surface area contributed by atoms with Gasteiger partial charge in [-0.25, -0.2) is 4.79 Å². The molecular formula is C14H15BrClNO3. The van der Waals surface area contributed by atoms with Gasteiger partial charge in [-0.1, -0.05) is 11.6 Å². The maximum atomic E-state index is 12.2. The van der Waals surface area contributed by atoms with Crippen molar-refractivity contribution in [2.45, 2.75) is 32.8 Å². The first-order valence-corrected chi connectivity index (χ1v) is 7.57. The zero-order chi connectivity index (χ0) is 14.9. The standard InChI is InChI=1S/C14H15BrClNO3/c1-8(2)20-14(19)17-5-3-4-13(18)9-6-10(15)11(16)7-12(9)17/h6-8H,3-5H2,1-2H3. The molecule has 0 saturated carbocycles. The lowest BCUT2D eigenvalue weighted by atomic mass is 10.1. The molecule has 1 aliphatic heterocycles. The molecule has 0 N–H and O–H groups in total. The van der Waals surface area contributed by atoms with Crippen molar-refractivity contribution in [2.75, 3.05) is 11.4 Å². The van der Waals surface area contributed by atoms with Gasteiger partial charge in [0.1, 0.15) is 0 Å². The summed E-state index contributed by atoms with van der Waals surface area (Å²) in [5.41, 5.74) is 1.02. The van der Waals surface area contributed by atoms with E-state index in [-0.39, 0.29) is 11.9 Å². The predicted molar refractivity (Wildman–Crippen MR) is 81.7 cm³/mol. The van der Waals surface area contributed by atoms with Crippen molar-refractivity contribution < 1.29 is 14.3 Å². The van der Waals surface area contributed by atoms with Gasteiger partial charge >= 0.3 is 6.09 Å². The zero-order valence-electron chi connectivity index (χ0n) is 11.3. The van der Waals surface area contributed by atoms with E-state index < -0.39 is 6.09 Å². The summed E-state index contributed by atoms with van der Waals surface area (Å²) in [5, 5.41) is 0.459. The number of anilines is 1. The second kappa shape index (κ2) is 6.14. The average molecular weight is 361 g/mol. The highest BCUT2D eigenvalue weighted by Crippen LogP contribution is 2.34. The fourth-order valence-electron chi connectivity index (χ4n) is 2.09. The van der Waals surface area contributed by atoms with Gasteiger partial charge in [0.25, 0.3) is 0 Å². The van der Waals surface area contributed by atoms with Crippen molar-refractivity contribution in [3.8, 4) is 0 Å². The summed E-state index contributed by atoms with van der Waals surface area (Å²) in [6, 6.07) is 3.30. The molecule has 1 aromatic rings. The minimum absolute atomic E-state index is 0.0113. The second-order valence-electron chi connectivity index (χ2n) is 4.89. The van der Waals surface area contributed by atoms with E-state index in [1.165, 1.54) is 4.90 Å². The molecule has 2 rings (SSSR count). The van der Waals surface area contributed by atoms with Crippen LogP contribution in [0.15, 0.2) is 16.6 Å². The number of ether oxygens (including phenoxy) is 1. The maximum absolute atomic E-state index is 12.2. The fraction of sp³-hybridized carbons (Fsp3) is 0.429. The molecule has 20 heavy (non-hydrogen) atoms. The minimum Gasteiger partial charge on any atom is -0.446 e. The molecule has 0 unspecified atom stereocenters. The summed E-state index contributed by atoms with van der Waals surface area (Å²) in [7, 11) is 0. The van der Waals surface area contributed by atoms with E-state index in [9.17, 15) is 9.59 Å². The van der Waals surface area contributed by atoms with Crippen molar-refractivity contribution in [1.29, 1.82) is 0 Å². The van der Waals surface area contributed by atoms with Crippen LogP contribution in [0.5, 0.6) is 0 Å². The van der Waals surface area contributed by atoms with Crippen LogP contribution in [0.4, 0.5) is 10.5 Å². The summed E-state index contributed by atoms with van der Waals surface area (Å²) in [6.45, 7) is 4.02. The van der Waals surface area contributed by atoms with Gasteiger partial charge in [0, 0.05) is 23.0 Å². The molecule has 0 aromatic heterocycles. The van der Waals surface area contributed by atoms with Crippen molar-refractivity contribution in [2.24, 2.45) is 0 Å². The number of carbonyl (C=O) groups excluding carboxylic acids is 2. The summed E-state index contributed by atoms with van der Waals surface area (Å²) >= 11 is 9.39. The number of rotatable bonds is 1. The Bertz CT molecular complexity index is 560. The molecule has 0 saturated heterocycles. The molecule has 1 amide bonds. The number of benzene rings is 1. The minimum atomic E-state index is -0.450. The number of hydrogen-bond donors (Lipinski definition) is 0. The van der Waals surface area contributed by atoms with E-state index in [4.69, 9.17) is 16.3 Å². The Morgan fingerprint density at radius 3 is 2.80 bits per heavy atom. The van der Waals surface area contributed by atoms with E-state index in [0.717, 1.165) is 0 Å². The van der Waals surface area contributed by atoms with Crippen LogP contribution in [0.3, 0.4) is 0 Å². The molecule has 0 bridgehead atoms. The molecular weight excluding hydrogens is 346 g/mol. The molecule has 0 aliphatic carbocycles. The molecule has 1 aliphatic rings. The highest BCUT2D eigenvalue weighted by Gasteiger charge is 2.27. The number of halogens is 2. The SMILES string of the molecule is CC(C)OC(=O)N1CCCC(=O)c2cc(Br)c(Cl)cc21. The molecule has 0 spiro atoms.